The zero-order valence-corrected chi connectivity index (χ0v) is 13.3. The number of nitrogens with one attached hydrogen (secondary N) is 1. The van der Waals surface area contributed by atoms with Gasteiger partial charge in [0.2, 0.25) is 0 Å². The van der Waals surface area contributed by atoms with E-state index in [1.54, 1.807) is 6.20 Å². The third-order valence-corrected chi connectivity index (χ3v) is 4.18. The average Bonchev–Trinajstić information content (AvgIpc) is 2.92. The van der Waals surface area contributed by atoms with Crippen molar-refractivity contribution in [1.29, 1.82) is 0 Å². The molecular weight excluding hydrogens is 335 g/mol. The highest BCUT2D eigenvalue weighted by Gasteiger charge is 2.20. The minimum Gasteiger partial charge on any atom is -0.493 e. The number of benzene rings is 1. The van der Waals surface area contributed by atoms with Crippen molar-refractivity contribution in [3.63, 3.8) is 0 Å². The molecule has 1 aliphatic rings. The second-order valence-electron chi connectivity index (χ2n) is 5.13. The van der Waals surface area contributed by atoms with Crippen molar-refractivity contribution in [3.8, 4) is 5.75 Å². The largest absolute Gasteiger partial charge is 0.493 e. The van der Waals surface area contributed by atoms with Gasteiger partial charge in [-0.15, -0.1) is 0 Å². The van der Waals surface area contributed by atoms with E-state index in [-0.39, 0.29) is 11.9 Å². The molecule has 3 rings (SSSR count). The molecule has 0 saturated heterocycles. The van der Waals surface area contributed by atoms with Crippen molar-refractivity contribution in [2.24, 2.45) is 0 Å². The molecule has 0 amide bonds. The number of rotatable bonds is 4. The Hall–Kier alpha value is -1.46. The smallest absolute Gasteiger partial charge is 0.141 e. The van der Waals surface area contributed by atoms with Crippen molar-refractivity contribution in [1.82, 2.24) is 10.3 Å². The second kappa shape index (κ2) is 6.12. The van der Waals surface area contributed by atoms with Gasteiger partial charge in [0.05, 0.1) is 12.8 Å². The Morgan fingerprint density at radius 3 is 3.00 bits per heavy atom. The van der Waals surface area contributed by atoms with E-state index < -0.39 is 0 Å². The number of aromatic nitrogens is 1. The first-order valence-electron chi connectivity index (χ1n) is 6.89. The van der Waals surface area contributed by atoms with Crippen molar-refractivity contribution >= 4 is 15.9 Å². The van der Waals surface area contributed by atoms with Gasteiger partial charge in [0.15, 0.2) is 0 Å². The Kier molecular flexibility index (Phi) is 4.22. The van der Waals surface area contributed by atoms with Crippen LogP contribution in [0.5, 0.6) is 5.75 Å². The Morgan fingerprint density at radius 1 is 1.38 bits per heavy atom. The van der Waals surface area contributed by atoms with Gasteiger partial charge in [0.1, 0.15) is 11.6 Å². The van der Waals surface area contributed by atoms with E-state index in [9.17, 15) is 4.39 Å². The van der Waals surface area contributed by atoms with Gasteiger partial charge >= 0.3 is 0 Å². The fourth-order valence-electron chi connectivity index (χ4n) is 2.72. The number of nitrogens with zero attached hydrogens (tertiary/aromatic N) is 1. The normalized spacial score (nSPS) is 14.6. The van der Waals surface area contributed by atoms with Gasteiger partial charge in [-0.2, -0.15) is 0 Å². The molecule has 5 heteroatoms. The summed E-state index contributed by atoms with van der Waals surface area (Å²) in [5.74, 6) is 0.659. The molecule has 1 unspecified atom stereocenters. The molecule has 0 spiro atoms. The van der Waals surface area contributed by atoms with Gasteiger partial charge in [-0.1, -0.05) is 15.9 Å². The number of halogens is 2. The molecule has 1 atom stereocenters. The zero-order valence-electron chi connectivity index (χ0n) is 11.7. The molecule has 0 aliphatic carbocycles. The summed E-state index contributed by atoms with van der Waals surface area (Å²) >= 11 is 3.55. The lowest BCUT2D eigenvalue weighted by molar-refractivity contribution is 0.352. The van der Waals surface area contributed by atoms with Crippen LogP contribution in [-0.4, -0.2) is 18.6 Å². The zero-order chi connectivity index (χ0) is 14.8. The highest BCUT2D eigenvalue weighted by atomic mass is 79.9. The summed E-state index contributed by atoms with van der Waals surface area (Å²) < 4.78 is 20.2. The number of pyridine rings is 1. The van der Waals surface area contributed by atoms with E-state index in [0.29, 0.717) is 0 Å². The monoisotopic (exact) mass is 350 g/mol. The summed E-state index contributed by atoms with van der Waals surface area (Å²) in [6.45, 7) is 0.727. The van der Waals surface area contributed by atoms with E-state index in [4.69, 9.17) is 4.74 Å². The predicted octanol–water partition coefficient (Wildman–Crippen LogP) is 3.42. The molecule has 0 saturated carbocycles. The molecule has 0 bridgehead atoms. The van der Waals surface area contributed by atoms with Gasteiger partial charge in [0, 0.05) is 23.1 Å². The Bertz CT molecular complexity index is 663. The van der Waals surface area contributed by atoms with E-state index >= 15 is 0 Å². The maximum absolute atomic E-state index is 13.4. The molecular formula is C16H16BrFN2O. The van der Waals surface area contributed by atoms with Crippen molar-refractivity contribution < 1.29 is 9.13 Å². The molecule has 2 aromatic rings. The maximum atomic E-state index is 13.4. The third-order valence-electron chi connectivity index (χ3n) is 3.73. The summed E-state index contributed by atoms with van der Waals surface area (Å²) in [5, 5.41) is 3.23. The van der Waals surface area contributed by atoms with Crippen LogP contribution >= 0.6 is 15.9 Å². The lowest BCUT2D eigenvalue weighted by atomic mass is 9.98. The fraction of sp³-hybridized carbons (Fsp3) is 0.312. The average molecular weight is 351 g/mol. The van der Waals surface area contributed by atoms with Crippen LogP contribution in [0.4, 0.5) is 4.39 Å². The molecule has 1 aliphatic heterocycles. The summed E-state index contributed by atoms with van der Waals surface area (Å²) in [6, 6.07) is 5.69. The first kappa shape index (κ1) is 14.5. The molecule has 21 heavy (non-hydrogen) atoms. The summed E-state index contributed by atoms with van der Waals surface area (Å²) in [6.07, 6.45) is 4.58. The van der Waals surface area contributed by atoms with Crippen LogP contribution in [0.25, 0.3) is 0 Å². The van der Waals surface area contributed by atoms with Crippen LogP contribution < -0.4 is 10.1 Å². The van der Waals surface area contributed by atoms with Gasteiger partial charge in [-0.25, -0.2) is 4.39 Å². The van der Waals surface area contributed by atoms with Crippen LogP contribution in [-0.2, 0) is 12.8 Å². The number of fused-ring (bicyclic) bond motifs is 1. The topological polar surface area (TPSA) is 34.1 Å². The van der Waals surface area contributed by atoms with E-state index in [2.05, 4.69) is 38.4 Å². The van der Waals surface area contributed by atoms with Crippen LogP contribution in [0.2, 0.25) is 0 Å². The molecule has 1 N–H and O–H groups in total. The minimum atomic E-state index is -0.316. The molecule has 1 aromatic heterocycles. The molecule has 0 fully saturated rings. The Labute approximate surface area is 131 Å². The van der Waals surface area contributed by atoms with E-state index in [1.165, 1.54) is 17.8 Å². The van der Waals surface area contributed by atoms with Crippen LogP contribution in [0.3, 0.4) is 0 Å². The van der Waals surface area contributed by atoms with E-state index in [0.717, 1.165) is 40.8 Å². The maximum Gasteiger partial charge on any atom is 0.141 e. The van der Waals surface area contributed by atoms with Gasteiger partial charge < -0.3 is 10.1 Å². The fourth-order valence-corrected chi connectivity index (χ4v) is 3.28. The van der Waals surface area contributed by atoms with Crippen LogP contribution in [0, 0.1) is 5.82 Å². The summed E-state index contributed by atoms with van der Waals surface area (Å²) in [7, 11) is 1.87. The Balaban J connectivity index is 1.91. The number of hydrogen-bond acceptors (Lipinski definition) is 3. The molecule has 1 aromatic carbocycles. The SMILES string of the molecule is CNC(Cc1cc(Br)cc2c1OCC2)c1cncc(F)c1. The quantitative estimate of drug-likeness (QED) is 0.917. The first-order chi connectivity index (χ1) is 10.2. The number of ether oxygens (including phenoxy) is 1. The van der Waals surface area contributed by atoms with Crippen LogP contribution in [0.1, 0.15) is 22.7 Å². The van der Waals surface area contributed by atoms with Gasteiger partial charge in [-0.3, -0.25) is 4.98 Å². The molecule has 110 valence electrons. The molecule has 3 nitrogen and oxygen atoms in total. The molecule has 0 radical (unpaired) electrons. The minimum absolute atomic E-state index is 0.00389. The standard InChI is InChI=1S/C16H16BrFN2O/c1-19-15(12-6-14(18)9-20-8-12)7-11-5-13(17)4-10-2-3-21-16(10)11/h4-6,8-9,15,19H,2-3,7H2,1H3. The molecule has 2 heterocycles. The summed E-state index contributed by atoms with van der Waals surface area (Å²) in [4.78, 5) is 3.93. The van der Waals surface area contributed by atoms with Crippen LogP contribution in [0.15, 0.2) is 35.1 Å². The lowest BCUT2D eigenvalue weighted by Gasteiger charge is -2.18. The van der Waals surface area contributed by atoms with E-state index in [1.807, 2.05) is 7.05 Å². The summed E-state index contributed by atoms with van der Waals surface area (Å²) in [5.41, 5.74) is 3.19. The third kappa shape index (κ3) is 3.09. The van der Waals surface area contributed by atoms with Gasteiger partial charge in [0.25, 0.3) is 0 Å². The number of likely N-dealkylation sites (N-methyl/N-ethyl adjacent to an activating group) is 1. The number of hydrogen-bond donors (Lipinski definition) is 1. The second-order valence-corrected chi connectivity index (χ2v) is 6.05. The lowest BCUT2D eigenvalue weighted by Crippen LogP contribution is -2.19. The van der Waals surface area contributed by atoms with Crippen molar-refractivity contribution in [2.75, 3.05) is 13.7 Å². The predicted molar refractivity (Wildman–Crippen MR) is 83.0 cm³/mol. The first-order valence-corrected chi connectivity index (χ1v) is 7.68. The van der Waals surface area contributed by atoms with Crippen molar-refractivity contribution in [2.45, 2.75) is 18.9 Å². The van der Waals surface area contributed by atoms with Crippen molar-refractivity contribution in [3.05, 3.63) is 57.6 Å². The highest BCUT2D eigenvalue weighted by Crippen LogP contribution is 2.35. The Morgan fingerprint density at radius 2 is 2.24 bits per heavy atom. The van der Waals surface area contributed by atoms with Gasteiger partial charge in [-0.05, 0) is 48.4 Å². The highest BCUT2D eigenvalue weighted by molar-refractivity contribution is 9.10.